The summed E-state index contributed by atoms with van der Waals surface area (Å²) < 4.78 is 6.89. The summed E-state index contributed by atoms with van der Waals surface area (Å²) in [7, 11) is 0. The van der Waals surface area contributed by atoms with Crippen LogP contribution in [0.4, 0.5) is 0 Å². The van der Waals surface area contributed by atoms with Crippen molar-refractivity contribution < 1.29 is 14.3 Å². The van der Waals surface area contributed by atoms with Gasteiger partial charge in [-0.1, -0.05) is 48.0 Å². The number of halogens is 1. The molecule has 1 amide bonds. The van der Waals surface area contributed by atoms with Gasteiger partial charge in [-0.3, -0.25) is 9.20 Å². The lowest BCUT2D eigenvalue weighted by Gasteiger charge is -2.12. The highest BCUT2D eigenvalue weighted by molar-refractivity contribution is 6.31. The van der Waals surface area contributed by atoms with Crippen molar-refractivity contribution in [2.75, 3.05) is 0 Å². The Morgan fingerprint density at radius 3 is 2.74 bits per heavy atom. The predicted octanol–water partition coefficient (Wildman–Crippen LogP) is 3.25. The number of nitrogens with one attached hydrogen (secondary N) is 1. The monoisotopic (exact) mass is 383 g/mol. The average molecular weight is 384 g/mol. The minimum Gasteiger partial charge on any atom is -0.449 e. The average Bonchev–Trinajstić information content (AvgIpc) is 3.00. The molecule has 6 nitrogen and oxygen atoms in total. The topological polar surface area (TPSA) is 72.7 Å². The van der Waals surface area contributed by atoms with Crippen molar-refractivity contribution in [3.05, 3.63) is 77.2 Å². The van der Waals surface area contributed by atoms with Gasteiger partial charge in [0.15, 0.2) is 11.3 Å². The van der Waals surface area contributed by atoms with E-state index in [0.29, 0.717) is 17.9 Å². The van der Waals surface area contributed by atoms with Gasteiger partial charge in [-0.05, 0) is 30.7 Å². The molecule has 138 valence electrons. The van der Waals surface area contributed by atoms with E-state index in [-0.39, 0.29) is 11.1 Å². The van der Waals surface area contributed by atoms with Crippen LogP contribution in [0.15, 0.2) is 60.8 Å². The molecule has 1 aromatic carbocycles. The second kappa shape index (κ2) is 8.51. The zero-order valence-electron chi connectivity index (χ0n) is 14.6. The molecule has 1 N–H and O–H groups in total. The number of imidazole rings is 1. The molecule has 7 heteroatoms. The van der Waals surface area contributed by atoms with E-state index in [0.717, 1.165) is 5.56 Å². The Morgan fingerprint density at radius 1 is 1.22 bits per heavy atom. The highest BCUT2D eigenvalue weighted by atomic mass is 35.5. The first-order valence-electron chi connectivity index (χ1n) is 8.37. The van der Waals surface area contributed by atoms with Gasteiger partial charge < -0.3 is 10.1 Å². The normalized spacial score (nSPS) is 12.2. The second-order valence-corrected chi connectivity index (χ2v) is 6.19. The first-order chi connectivity index (χ1) is 13.0. The van der Waals surface area contributed by atoms with E-state index in [9.17, 15) is 9.59 Å². The van der Waals surface area contributed by atoms with Crippen LogP contribution in [0.1, 0.15) is 18.2 Å². The predicted molar refractivity (Wildman–Crippen MR) is 103 cm³/mol. The number of amides is 1. The van der Waals surface area contributed by atoms with Crippen LogP contribution in [0.25, 0.3) is 11.7 Å². The molecule has 0 fully saturated rings. The fourth-order valence-corrected chi connectivity index (χ4v) is 2.72. The Hall–Kier alpha value is -3.12. The van der Waals surface area contributed by atoms with Crippen LogP contribution in [0.5, 0.6) is 0 Å². The van der Waals surface area contributed by atoms with Crippen molar-refractivity contribution in [1.29, 1.82) is 0 Å². The van der Waals surface area contributed by atoms with E-state index < -0.39 is 12.1 Å². The molecule has 2 aromatic heterocycles. The quantitative estimate of drug-likeness (QED) is 0.524. The van der Waals surface area contributed by atoms with Crippen LogP contribution in [0.3, 0.4) is 0 Å². The minimum atomic E-state index is -0.913. The molecule has 0 aliphatic carbocycles. The summed E-state index contributed by atoms with van der Waals surface area (Å²) in [4.78, 5) is 28.3. The summed E-state index contributed by atoms with van der Waals surface area (Å²) in [5, 5.41) is 3.01. The number of carbonyl (C=O) groups is 2. The fraction of sp³-hybridized carbons (Fsp3) is 0.150. The van der Waals surface area contributed by atoms with Crippen LogP contribution >= 0.6 is 11.6 Å². The van der Waals surface area contributed by atoms with E-state index in [1.54, 1.807) is 16.7 Å². The maximum Gasteiger partial charge on any atom is 0.331 e. The molecule has 2 heterocycles. The molecular formula is C20H18ClN3O3. The molecule has 3 rings (SSSR count). The molecule has 0 bridgehead atoms. The first-order valence-corrected chi connectivity index (χ1v) is 8.75. The summed E-state index contributed by atoms with van der Waals surface area (Å²) in [5.74, 6) is -1.01. The summed E-state index contributed by atoms with van der Waals surface area (Å²) >= 11 is 6.11. The van der Waals surface area contributed by atoms with Gasteiger partial charge in [0, 0.05) is 18.8 Å². The number of nitrogens with zero attached hydrogens (tertiary/aromatic N) is 2. The number of rotatable bonds is 6. The molecular weight excluding hydrogens is 366 g/mol. The molecule has 0 saturated heterocycles. The van der Waals surface area contributed by atoms with Crippen molar-refractivity contribution in [2.24, 2.45) is 0 Å². The van der Waals surface area contributed by atoms with Gasteiger partial charge in [0.2, 0.25) is 0 Å². The Labute approximate surface area is 161 Å². The fourth-order valence-electron chi connectivity index (χ4n) is 2.48. The number of carbonyl (C=O) groups excluding carboxylic acids is 2. The number of esters is 1. The van der Waals surface area contributed by atoms with Gasteiger partial charge >= 0.3 is 5.97 Å². The van der Waals surface area contributed by atoms with Gasteiger partial charge in [-0.2, -0.15) is 0 Å². The van der Waals surface area contributed by atoms with Crippen LogP contribution in [-0.4, -0.2) is 27.4 Å². The Bertz CT molecular complexity index is 983. The maximum absolute atomic E-state index is 12.1. The maximum atomic E-state index is 12.1. The van der Waals surface area contributed by atoms with Crippen molar-refractivity contribution >= 4 is 35.2 Å². The van der Waals surface area contributed by atoms with E-state index in [2.05, 4.69) is 10.3 Å². The molecule has 0 aliphatic heterocycles. The standard InChI is InChI=1S/C20H18ClN3O3/c1-14(20(26)22-13-15-7-3-2-4-8-15)27-18(25)11-10-16-19(21)23-17-9-5-6-12-24(16)17/h2-12,14H,13H2,1H3,(H,22,26)/b11-10+/t14-/m1/s1. The third-order valence-corrected chi connectivity index (χ3v) is 4.15. The molecule has 0 spiro atoms. The second-order valence-electron chi connectivity index (χ2n) is 5.83. The van der Waals surface area contributed by atoms with Crippen molar-refractivity contribution in [3.8, 4) is 0 Å². The lowest BCUT2D eigenvalue weighted by atomic mass is 10.2. The van der Waals surface area contributed by atoms with Crippen LogP contribution in [-0.2, 0) is 20.9 Å². The van der Waals surface area contributed by atoms with Crippen LogP contribution in [0.2, 0.25) is 5.15 Å². The van der Waals surface area contributed by atoms with Crippen molar-refractivity contribution in [2.45, 2.75) is 19.6 Å². The number of hydrogen-bond donors (Lipinski definition) is 1. The van der Waals surface area contributed by atoms with Gasteiger partial charge in [0.1, 0.15) is 5.65 Å². The van der Waals surface area contributed by atoms with Gasteiger partial charge in [0.25, 0.3) is 5.91 Å². The molecule has 0 unspecified atom stereocenters. The number of ether oxygens (including phenoxy) is 1. The number of fused-ring (bicyclic) bond motifs is 1. The highest BCUT2D eigenvalue weighted by Gasteiger charge is 2.16. The van der Waals surface area contributed by atoms with Gasteiger partial charge in [-0.25, -0.2) is 9.78 Å². The third-order valence-electron chi connectivity index (χ3n) is 3.87. The van der Waals surface area contributed by atoms with Gasteiger partial charge in [0.05, 0.1) is 5.69 Å². The Balaban J connectivity index is 1.57. The van der Waals surface area contributed by atoms with E-state index >= 15 is 0 Å². The first kappa shape index (κ1) is 18.7. The summed E-state index contributed by atoms with van der Waals surface area (Å²) in [5.41, 5.74) is 2.20. The number of aromatic nitrogens is 2. The smallest absolute Gasteiger partial charge is 0.331 e. The third kappa shape index (κ3) is 4.74. The summed E-state index contributed by atoms with van der Waals surface area (Å²) in [6.45, 7) is 1.89. The molecule has 0 aliphatic rings. The summed E-state index contributed by atoms with van der Waals surface area (Å²) in [6, 6.07) is 15.0. The van der Waals surface area contributed by atoms with E-state index in [1.807, 2.05) is 42.5 Å². The zero-order valence-corrected chi connectivity index (χ0v) is 15.4. The minimum absolute atomic E-state index is 0.277. The highest BCUT2D eigenvalue weighted by Crippen LogP contribution is 2.18. The number of hydrogen-bond acceptors (Lipinski definition) is 4. The van der Waals surface area contributed by atoms with Gasteiger partial charge in [-0.15, -0.1) is 0 Å². The Kier molecular flexibility index (Phi) is 5.88. The number of pyridine rings is 1. The van der Waals surface area contributed by atoms with Crippen LogP contribution < -0.4 is 5.32 Å². The van der Waals surface area contributed by atoms with E-state index in [1.165, 1.54) is 19.1 Å². The van der Waals surface area contributed by atoms with E-state index in [4.69, 9.17) is 16.3 Å². The van der Waals surface area contributed by atoms with Crippen molar-refractivity contribution in [1.82, 2.24) is 14.7 Å². The van der Waals surface area contributed by atoms with Crippen molar-refractivity contribution in [3.63, 3.8) is 0 Å². The number of benzene rings is 1. The zero-order chi connectivity index (χ0) is 19.2. The Morgan fingerprint density at radius 2 is 1.96 bits per heavy atom. The molecule has 0 saturated carbocycles. The molecule has 0 radical (unpaired) electrons. The largest absolute Gasteiger partial charge is 0.449 e. The summed E-state index contributed by atoms with van der Waals surface area (Å²) in [6.07, 6.45) is 3.62. The SMILES string of the molecule is C[C@@H](OC(=O)/C=C/c1c(Cl)nc2ccccn12)C(=O)NCc1ccccc1. The lowest BCUT2D eigenvalue weighted by molar-refractivity contribution is -0.150. The molecule has 1 atom stereocenters. The molecule has 27 heavy (non-hydrogen) atoms. The molecule has 3 aromatic rings. The van der Waals surface area contributed by atoms with Crippen LogP contribution in [0, 0.1) is 0 Å². The lowest BCUT2D eigenvalue weighted by Crippen LogP contribution is -2.35.